The molecule has 2 rings (SSSR count). The van der Waals surface area contributed by atoms with Crippen LogP contribution in [0.15, 0.2) is 36.7 Å². The Balaban J connectivity index is 2.06. The third-order valence-corrected chi connectivity index (χ3v) is 2.70. The fraction of sp³-hybridized carbons (Fsp3) is 0.308. The first kappa shape index (κ1) is 11.5. The van der Waals surface area contributed by atoms with Crippen LogP contribution >= 0.6 is 0 Å². The molecule has 2 aromatic rings. The van der Waals surface area contributed by atoms with Crippen molar-refractivity contribution in [2.45, 2.75) is 13.0 Å². The maximum atomic E-state index is 5.14. The monoisotopic (exact) mass is 231 g/mol. The fourth-order valence-electron chi connectivity index (χ4n) is 1.72. The van der Waals surface area contributed by atoms with Crippen molar-refractivity contribution in [1.29, 1.82) is 0 Å². The molecule has 0 radical (unpaired) electrons. The molecule has 1 aromatic heterocycles. The van der Waals surface area contributed by atoms with Gasteiger partial charge in [-0.2, -0.15) is 5.10 Å². The van der Waals surface area contributed by atoms with Crippen LogP contribution in [0.5, 0.6) is 5.75 Å². The van der Waals surface area contributed by atoms with E-state index in [-0.39, 0.29) is 6.04 Å². The van der Waals surface area contributed by atoms with Gasteiger partial charge in [-0.1, -0.05) is 12.1 Å². The zero-order chi connectivity index (χ0) is 12.3. The Morgan fingerprint density at radius 2 is 2.00 bits per heavy atom. The van der Waals surface area contributed by atoms with Crippen molar-refractivity contribution in [2.75, 3.05) is 12.4 Å². The van der Waals surface area contributed by atoms with Gasteiger partial charge in [0.1, 0.15) is 5.75 Å². The zero-order valence-electron chi connectivity index (χ0n) is 10.3. The van der Waals surface area contributed by atoms with Crippen LogP contribution in [-0.2, 0) is 7.05 Å². The second-order valence-electron chi connectivity index (χ2n) is 4.04. The molecule has 17 heavy (non-hydrogen) atoms. The molecule has 1 atom stereocenters. The molecule has 1 unspecified atom stereocenters. The summed E-state index contributed by atoms with van der Waals surface area (Å²) in [7, 11) is 3.58. The van der Waals surface area contributed by atoms with E-state index in [0.717, 1.165) is 11.4 Å². The van der Waals surface area contributed by atoms with Crippen molar-refractivity contribution in [1.82, 2.24) is 9.78 Å². The Labute approximate surface area is 101 Å². The van der Waals surface area contributed by atoms with Crippen LogP contribution in [0.2, 0.25) is 0 Å². The summed E-state index contributed by atoms with van der Waals surface area (Å²) in [5.74, 6) is 0.877. The predicted molar refractivity (Wildman–Crippen MR) is 68.2 cm³/mol. The smallest absolute Gasteiger partial charge is 0.118 e. The Bertz CT molecular complexity index is 476. The Morgan fingerprint density at radius 1 is 1.29 bits per heavy atom. The second-order valence-corrected chi connectivity index (χ2v) is 4.04. The van der Waals surface area contributed by atoms with Crippen LogP contribution in [0.1, 0.15) is 18.5 Å². The van der Waals surface area contributed by atoms with E-state index in [1.807, 2.05) is 31.6 Å². The number of aryl methyl sites for hydroxylation is 1. The Hall–Kier alpha value is -1.97. The molecule has 0 bridgehead atoms. The van der Waals surface area contributed by atoms with Gasteiger partial charge in [0, 0.05) is 19.3 Å². The molecule has 0 saturated carbocycles. The van der Waals surface area contributed by atoms with Crippen molar-refractivity contribution in [3.63, 3.8) is 0 Å². The number of anilines is 1. The van der Waals surface area contributed by atoms with E-state index in [0.29, 0.717) is 0 Å². The van der Waals surface area contributed by atoms with Gasteiger partial charge in [0.25, 0.3) is 0 Å². The van der Waals surface area contributed by atoms with E-state index in [1.165, 1.54) is 5.56 Å². The molecule has 0 saturated heterocycles. The number of hydrogen-bond acceptors (Lipinski definition) is 3. The number of ether oxygens (including phenoxy) is 1. The van der Waals surface area contributed by atoms with E-state index in [9.17, 15) is 0 Å². The molecule has 0 aliphatic carbocycles. The number of hydrogen-bond donors (Lipinski definition) is 1. The number of benzene rings is 1. The van der Waals surface area contributed by atoms with Gasteiger partial charge in [-0.15, -0.1) is 0 Å². The lowest BCUT2D eigenvalue weighted by Gasteiger charge is -2.14. The number of rotatable bonds is 4. The van der Waals surface area contributed by atoms with Crippen molar-refractivity contribution < 1.29 is 4.74 Å². The van der Waals surface area contributed by atoms with Crippen LogP contribution in [0, 0.1) is 0 Å². The van der Waals surface area contributed by atoms with Gasteiger partial charge >= 0.3 is 0 Å². The summed E-state index contributed by atoms with van der Waals surface area (Å²) in [5, 5.41) is 7.52. The van der Waals surface area contributed by atoms with Crippen LogP contribution in [-0.4, -0.2) is 16.9 Å². The maximum absolute atomic E-state index is 5.14. The first-order valence-corrected chi connectivity index (χ1v) is 5.58. The molecule has 0 aliphatic rings. The van der Waals surface area contributed by atoms with Gasteiger partial charge in [-0.3, -0.25) is 4.68 Å². The van der Waals surface area contributed by atoms with Gasteiger partial charge < -0.3 is 10.1 Å². The largest absolute Gasteiger partial charge is 0.497 e. The molecule has 1 N–H and O–H groups in total. The first-order valence-electron chi connectivity index (χ1n) is 5.58. The summed E-state index contributed by atoms with van der Waals surface area (Å²) in [5.41, 5.74) is 2.24. The van der Waals surface area contributed by atoms with Crippen LogP contribution < -0.4 is 10.1 Å². The third kappa shape index (κ3) is 2.78. The van der Waals surface area contributed by atoms with Crippen molar-refractivity contribution in [3.05, 3.63) is 42.2 Å². The highest BCUT2D eigenvalue weighted by molar-refractivity contribution is 5.42. The summed E-state index contributed by atoms with van der Waals surface area (Å²) in [6.45, 7) is 2.12. The average Bonchev–Trinajstić information content (AvgIpc) is 2.75. The molecule has 0 fully saturated rings. The van der Waals surface area contributed by atoms with Crippen molar-refractivity contribution >= 4 is 5.69 Å². The van der Waals surface area contributed by atoms with Gasteiger partial charge in [0.2, 0.25) is 0 Å². The minimum Gasteiger partial charge on any atom is -0.497 e. The summed E-state index contributed by atoms with van der Waals surface area (Å²) < 4.78 is 6.92. The van der Waals surface area contributed by atoms with Gasteiger partial charge in [0.15, 0.2) is 0 Å². The molecular weight excluding hydrogens is 214 g/mol. The summed E-state index contributed by atoms with van der Waals surface area (Å²) in [6.07, 6.45) is 3.78. The number of aromatic nitrogens is 2. The molecule has 0 amide bonds. The van der Waals surface area contributed by atoms with Crippen LogP contribution in [0.3, 0.4) is 0 Å². The van der Waals surface area contributed by atoms with Crippen molar-refractivity contribution in [3.8, 4) is 5.75 Å². The van der Waals surface area contributed by atoms with Crippen LogP contribution in [0.25, 0.3) is 0 Å². The Kier molecular flexibility index (Phi) is 3.32. The summed E-state index contributed by atoms with van der Waals surface area (Å²) in [6, 6.07) is 8.30. The molecule has 0 spiro atoms. The molecular formula is C13H17N3O. The van der Waals surface area contributed by atoms with Crippen LogP contribution in [0.4, 0.5) is 5.69 Å². The third-order valence-electron chi connectivity index (χ3n) is 2.70. The van der Waals surface area contributed by atoms with E-state index >= 15 is 0 Å². The number of nitrogens with zero attached hydrogens (tertiary/aromatic N) is 2. The zero-order valence-corrected chi connectivity index (χ0v) is 10.3. The normalized spacial score (nSPS) is 12.2. The molecule has 4 heteroatoms. The van der Waals surface area contributed by atoms with E-state index in [1.54, 1.807) is 11.8 Å². The molecule has 1 aromatic carbocycles. The predicted octanol–water partition coefficient (Wildman–Crippen LogP) is 2.60. The lowest BCUT2D eigenvalue weighted by atomic mass is 10.1. The van der Waals surface area contributed by atoms with E-state index in [4.69, 9.17) is 4.74 Å². The number of methoxy groups -OCH3 is 1. The summed E-state index contributed by atoms with van der Waals surface area (Å²) >= 11 is 0. The van der Waals surface area contributed by atoms with Crippen molar-refractivity contribution in [2.24, 2.45) is 7.05 Å². The topological polar surface area (TPSA) is 39.1 Å². The lowest BCUT2D eigenvalue weighted by Crippen LogP contribution is -2.05. The first-order chi connectivity index (χ1) is 8.19. The molecule has 1 heterocycles. The maximum Gasteiger partial charge on any atom is 0.118 e. The SMILES string of the molecule is COc1ccc(C(C)Nc2cnn(C)c2)cc1. The average molecular weight is 231 g/mol. The molecule has 90 valence electrons. The van der Waals surface area contributed by atoms with Gasteiger partial charge in [-0.05, 0) is 24.6 Å². The van der Waals surface area contributed by atoms with E-state index < -0.39 is 0 Å². The van der Waals surface area contributed by atoms with E-state index in [2.05, 4.69) is 29.5 Å². The highest BCUT2D eigenvalue weighted by Crippen LogP contribution is 2.20. The van der Waals surface area contributed by atoms with Gasteiger partial charge in [-0.25, -0.2) is 0 Å². The highest BCUT2D eigenvalue weighted by atomic mass is 16.5. The van der Waals surface area contributed by atoms with Gasteiger partial charge in [0.05, 0.1) is 19.0 Å². The molecule has 0 aliphatic heterocycles. The standard InChI is InChI=1S/C13H17N3O/c1-10(15-12-8-14-16(2)9-12)11-4-6-13(17-3)7-5-11/h4-10,15H,1-3H3. The summed E-state index contributed by atoms with van der Waals surface area (Å²) in [4.78, 5) is 0. The minimum atomic E-state index is 0.241. The second kappa shape index (κ2) is 4.91. The Morgan fingerprint density at radius 3 is 2.53 bits per heavy atom. The highest BCUT2D eigenvalue weighted by Gasteiger charge is 2.06. The fourth-order valence-corrected chi connectivity index (χ4v) is 1.72. The lowest BCUT2D eigenvalue weighted by molar-refractivity contribution is 0.414. The number of nitrogens with one attached hydrogen (secondary N) is 1. The minimum absolute atomic E-state index is 0.241. The molecule has 4 nitrogen and oxygen atoms in total. The quantitative estimate of drug-likeness (QED) is 0.879.